The third kappa shape index (κ3) is 2.96. The quantitative estimate of drug-likeness (QED) is 0.823. The molecule has 0 radical (unpaired) electrons. The van der Waals surface area contributed by atoms with Gasteiger partial charge in [-0.25, -0.2) is 8.42 Å². The Balaban J connectivity index is 2.27. The summed E-state index contributed by atoms with van der Waals surface area (Å²) < 4.78 is 31.8. The van der Waals surface area contributed by atoms with Crippen molar-refractivity contribution in [1.82, 2.24) is 14.4 Å². The van der Waals surface area contributed by atoms with Crippen LogP contribution < -0.4 is 0 Å². The summed E-state index contributed by atoms with van der Waals surface area (Å²) in [6.07, 6.45) is 1.39. The first-order valence-corrected chi connectivity index (χ1v) is 8.33. The lowest BCUT2D eigenvalue weighted by atomic mass is 9.98. The van der Waals surface area contributed by atoms with E-state index in [0.717, 1.165) is 0 Å². The van der Waals surface area contributed by atoms with Crippen LogP contribution in [-0.2, 0) is 14.8 Å². The average Bonchev–Trinajstić information content (AvgIpc) is 2.77. The Morgan fingerprint density at radius 1 is 1.38 bits per heavy atom. The Kier molecular flexibility index (Phi) is 4.38. The van der Waals surface area contributed by atoms with Gasteiger partial charge in [0, 0.05) is 27.2 Å². The number of aromatic nitrogens is 1. The van der Waals surface area contributed by atoms with Gasteiger partial charge >= 0.3 is 0 Å². The Morgan fingerprint density at radius 2 is 2.05 bits per heavy atom. The zero-order chi connectivity index (χ0) is 15.8. The minimum atomic E-state index is -3.67. The number of piperidine rings is 1. The Bertz CT molecular complexity index is 616. The average molecular weight is 315 g/mol. The predicted octanol–water partition coefficient (Wildman–Crippen LogP) is 0.780. The maximum Gasteiger partial charge on any atom is 0.248 e. The van der Waals surface area contributed by atoms with E-state index in [1.807, 2.05) is 0 Å². The maximum absolute atomic E-state index is 12.7. The lowest BCUT2D eigenvalue weighted by molar-refractivity contribution is -0.134. The highest BCUT2D eigenvalue weighted by atomic mass is 32.2. The van der Waals surface area contributed by atoms with Crippen LogP contribution in [0.15, 0.2) is 9.42 Å². The SMILES string of the molecule is Cc1noc(C)c1S(=O)(=O)N1CCCC(C(=O)N(C)C)C1. The summed E-state index contributed by atoms with van der Waals surface area (Å²) in [6.45, 7) is 3.82. The van der Waals surface area contributed by atoms with E-state index in [2.05, 4.69) is 5.16 Å². The molecular formula is C13H21N3O4S. The van der Waals surface area contributed by atoms with E-state index in [-0.39, 0.29) is 29.0 Å². The maximum atomic E-state index is 12.7. The molecule has 1 saturated heterocycles. The molecule has 1 aliphatic rings. The van der Waals surface area contributed by atoms with E-state index in [4.69, 9.17) is 4.52 Å². The van der Waals surface area contributed by atoms with Crippen molar-refractivity contribution >= 4 is 15.9 Å². The standard InChI is InChI=1S/C13H21N3O4S/c1-9-12(10(2)20-14-9)21(18,19)16-7-5-6-11(8-16)13(17)15(3)4/h11H,5-8H2,1-4H3. The molecule has 0 spiro atoms. The van der Waals surface area contributed by atoms with E-state index in [1.54, 1.807) is 27.9 Å². The van der Waals surface area contributed by atoms with E-state index in [0.29, 0.717) is 25.1 Å². The largest absolute Gasteiger partial charge is 0.360 e. The van der Waals surface area contributed by atoms with Crippen molar-refractivity contribution in [1.29, 1.82) is 0 Å². The number of sulfonamides is 1. The van der Waals surface area contributed by atoms with Gasteiger partial charge in [0.2, 0.25) is 15.9 Å². The van der Waals surface area contributed by atoms with Crippen molar-refractivity contribution < 1.29 is 17.7 Å². The van der Waals surface area contributed by atoms with Crippen LogP contribution >= 0.6 is 0 Å². The summed E-state index contributed by atoms with van der Waals surface area (Å²) in [7, 11) is -0.297. The van der Waals surface area contributed by atoms with Crippen molar-refractivity contribution in [2.45, 2.75) is 31.6 Å². The monoisotopic (exact) mass is 315 g/mol. The van der Waals surface area contributed by atoms with Crippen molar-refractivity contribution in [3.05, 3.63) is 11.5 Å². The molecular weight excluding hydrogens is 294 g/mol. The fourth-order valence-corrected chi connectivity index (χ4v) is 4.51. The summed E-state index contributed by atoms with van der Waals surface area (Å²) >= 11 is 0. The Labute approximate surface area is 124 Å². The van der Waals surface area contributed by atoms with E-state index in [9.17, 15) is 13.2 Å². The number of carbonyl (C=O) groups is 1. The molecule has 1 aromatic heterocycles. The predicted molar refractivity (Wildman–Crippen MR) is 76.2 cm³/mol. The van der Waals surface area contributed by atoms with Gasteiger partial charge in [-0.15, -0.1) is 0 Å². The molecule has 0 aliphatic carbocycles. The first-order chi connectivity index (χ1) is 9.75. The number of hydrogen-bond donors (Lipinski definition) is 0. The van der Waals surface area contributed by atoms with Crippen LogP contribution in [0.3, 0.4) is 0 Å². The first kappa shape index (κ1) is 16.0. The molecule has 1 atom stereocenters. The van der Waals surface area contributed by atoms with Crippen molar-refractivity contribution in [2.24, 2.45) is 5.92 Å². The Morgan fingerprint density at radius 3 is 2.57 bits per heavy atom. The lowest BCUT2D eigenvalue weighted by Crippen LogP contribution is -2.45. The number of hydrogen-bond acceptors (Lipinski definition) is 5. The third-order valence-electron chi connectivity index (χ3n) is 3.74. The van der Waals surface area contributed by atoms with Crippen LogP contribution in [-0.4, -0.2) is 55.9 Å². The molecule has 1 fully saturated rings. The molecule has 0 saturated carbocycles. The summed E-state index contributed by atoms with van der Waals surface area (Å²) in [5.41, 5.74) is 0.355. The molecule has 2 heterocycles. The molecule has 21 heavy (non-hydrogen) atoms. The highest BCUT2D eigenvalue weighted by molar-refractivity contribution is 7.89. The highest BCUT2D eigenvalue weighted by Crippen LogP contribution is 2.28. The van der Waals surface area contributed by atoms with Crippen LogP contribution in [0.2, 0.25) is 0 Å². The molecule has 0 bridgehead atoms. The van der Waals surface area contributed by atoms with Crippen LogP contribution in [0, 0.1) is 19.8 Å². The fraction of sp³-hybridized carbons (Fsp3) is 0.692. The van der Waals surface area contributed by atoms with E-state index in [1.165, 1.54) is 9.21 Å². The molecule has 7 nitrogen and oxygen atoms in total. The summed E-state index contributed by atoms with van der Waals surface area (Å²) in [5, 5.41) is 3.70. The van der Waals surface area contributed by atoms with Gasteiger partial charge < -0.3 is 9.42 Å². The molecule has 1 aliphatic heterocycles. The molecule has 1 amide bonds. The number of carbonyl (C=O) groups excluding carboxylic acids is 1. The summed E-state index contributed by atoms with van der Waals surface area (Å²) in [6, 6.07) is 0. The third-order valence-corrected chi connectivity index (χ3v) is 5.85. The van der Waals surface area contributed by atoms with Gasteiger partial charge in [-0.3, -0.25) is 4.79 Å². The summed E-state index contributed by atoms with van der Waals surface area (Å²) in [4.78, 5) is 13.7. The van der Waals surface area contributed by atoms with E-state index >= 15 is 0 Å². The van der Waals surface area contributed by atoms with Gasteiger partial charge in [-0.2, -0.15) is 4.31 Å². The van der Waals surface area contributed by atoms with Crippen LogP contribution in [0.1, 0.15) is 24.3 Å². The minimum absolute atomic E-state index is 0.0336. The lowest BCUT2D eigenvalue weighted by Gasteiger charge is -2.32. The number of amides is 1. The molecule has 1 unspecified atom stereocenters. The van der Waals surface area contributed by atoms with Crippen LogP contribution in [0.4, 0.5) is 0 Å². The normalized spacial score (nSPS) is 20.5. The minimum Gasteiger partial charge on any atom is -0.360 e. The first-order valence-electron chi connectivity index (χ1n) is 6.89. The molecule has 2 rings (SSSR count). The van der Waals surface area contributed by atoms with Crippen LogP contribution in [0.25, 0.3) is 0 Å². The second-order valence-corrected chi connectivity index (χ2v) is 7.46. The van der Waals surface area contributed by atoms with Gasteiger partial charge in [-0.05, 0) is 26.7 Å². The topological polar surface area (TPSA) is 83.7 Å². The molecule has 118 valence electrons. The number of rotatable bonds is 3. The number of aryl methyl sites for hydroxylation is 2. The second-order valence-electron chi connectivity index (χ2n) is 5.59. The smallest absolute Gasteiger partial charge is 0.248 e. The second kappa shape index (κ2) is 5.76. The zero-order valence-electron chi connectivity index (χ0n) is 12.8. The molecule has 0 aromatic carbocycles. The number of nitrogens with zero attached hydrogens (tertiary/aromatic N) is 3. The molecule has 0 N–H and O–H groups in total. The van der Waals surface area contributed by atoms with Crippen LogP contribution in [0.5, 0.6) is 0 Å². The molecule has 8 heteroatoms. The van der Waals surface area contributed by atoms with Gasteiger partial charge in [0.25, 0.3) is 0 Å². The molecule has 1 aromatic rings. The van der Waals surface area contributed by atoms with Gasteiger partial charge in [0.1, 0.15) is 10.6 Å². The van der Waals surface area contributed by atoms with Crippen molar-refractivity contribution in [3.63, 3.8) is 0 Å². The van der Waals surface area contributed by atoms with Crippen molar-refractivity contribution in [3.8, 4) is 0 Å². The van der Waals surface area contributed by atoms with E-state index < -0.39 is 10.0 Å². The fourth-order valence-electron chi connectivity index (χ4n) is 2.70. The summed E-state index contributed by atoms with van der Waals surface area (Å²) in [5.74, 6) is -0.0359. The van der Waals surface area contributed by atoms with Crippen molar-refractivity contribution in [2.75, 3.05) is 27.2 Å². The van der Waals surface area contributed by atoms with Gasteiger partial charge in [0.15, 0.2) is 5.76 Å². The van der Waals surface area contributed by atoms with Gasteiger partial charge in [-0.1, -0.05) is 5.16 Å². The highest BCUT2D eigenvalue weighted by Gasteiger charge is 2.36. The van der Waals surface area contributed by atoms with Gasteiger partial charge in [0.05, 0.1) is 5.92 Å². The zero-order valence-corrected chi connectivity index (χ0v) is 13.6. The Hall–Kier alpha value is -1.41.